The molecule has 2 aromatic rings. The molecular weight excluding hydrogens is 343 g/mol. The summed E-state index contributed by atoms with van der Waals surface area (Å²) in [7, 11) is 0. The summed E-state index contributed by atoms with van der Waals surface area (Å²) in [6.45, 7) is 2.24. The molecule has 0 radical (unpaired) electrons. The smallest absolute Gasteiger partial charge is 0.334 e. The molecule has 0 aliphatic carbocycles. The number of morpholine rings is 1. The highest BCUT2D eigenvalue weighted by molar-refractivity contribution is 5.91. The van der Waals surface area contributed by atoms with Crippen molar-refractivity contribution in [2.45, 2.75) is 25.9 Å². The van der Waals surface area contributed by atoms with Gasteiger partial charge in [0, 0.05) is 13.0 Å². The molecule has 8 nitrogen and oxygen atoms in total. The number of amides is 1. The monoisotopic (exact) mass is 362 g/mol. The summed E-state index contributed by atoms with van der Waals surface area (Å²) in [4.78, 5) is 29.4. The van der Waals surface area contributed by atoms with Crippen LogP contribution >= 0.6 is 0 Å². The molecule has 26 heavy (non-hydrogen) atoms. The second-order valence-corrected chi connectivity index (χ2v) is 5.91. The lowest BCUT2D eigenvalue weighted by atomic mass is 10.2. The van der Waals surface area contributed by atoms with Crippen LogP contribution in [0.5, 0.6) is 0 Å². The predicted molar refractivity (Wildman–Crippen MR) is 88.6 cm³/mol. The minimum atomic E-state index is -1.13. The Hall–Kier alpha value is -2.81. The number of aryl methyl sites for hydroxylation is 1. The molecule has 0 saturated carbocycles. The maximum Gasteiger partial charge on any atom is 0.334 e. The van der Waals surface area contributed by atoms with Crippen molar-refractivity contribution < 1.29 is 23.8 Å². The van der Waals surface area contributed by atoms with Crippen LogP contribution in [0.15, 0.2) is 24.3 Å². The number of rotatable bonds is 5. The number of aromatic nitrogens is 3. The summed E-state index contributed by atoms with van der Waals surface area (Å²) in [5.41, 5.74) is 0.216. The van der Waals surface area contributed by atoms with E-state index in [1.54, 1.807) is 18.2 Å². The van der Waals surface area contributed by atoms with Crippen molar-refractivity contribution in [1.82, 2.24) is 19.7 Å². The highest BCUT2D eigenvalue weighted by Crippen LogP contribution is 2.17. The van der Waals surface area contributed by atoms with Gasteiger partial charge in [-0.05, 0) is 18.6 Å². The molecule has 1 aromatic carbocycles. The SMILES string of the molecule is CCCc1nc(C(=O)N2CCO[C@H](C(=O)O)C2)nn1-c1ccccc1F. The van der Waals surface area contributed by atoms with E-state index in [1.807, 2.05) is 6.92 Å². The first kappa shape index (κ1) is 18.0. The molecule has 1 aliphatic rings. The number of carboxylic acids is 1. The van der Waals surface area contributed by atoms with Gasteiger partial charge in [-0.2, -0.15) is 0 Å². The van der Waals surface area contributed by atoms with Gasteiger partial charge < -0.3 is 14.7 Å². The first-order chi connectivity index (χ1) is 12.5. The van der Waals surface area contributed by atoms with Crippen LogP contribution in [0, 0.1) is 5.82 Å². The van der Waals surface area contributed by atoms with Crippen LogP contribution in [0.25, 0.3) is 5.69 Å². The number of nitrogens with zero attached hydrogens (tertiary/aromatic N) is 4. The minimum Gasteiger partial charge on any atom is -0.479 e. The standard InChI is InChI=1S/C17H19FN4O4/c1-2-5-14-19-15(20-22(14)12-7-4-3-6-11(12)18)16(23)21-8-9-26-13(10-21)17(24)25/h3-4,6-7,13H,2,5,8-10H2,1H3,(H,24,25)/t13-/m0/s1. The average molecular weight is 362 g/mol. The number of benzene rings is 1. The molecule has 1 aliphatic heterocycles. The van der Waals surface area contributed by atoms with Crippen molar-refractivity contribution in [2.24, 2.45) is 0 Å². The van der Waals surface area contributed by atoms with E-state index in [1.165, 1.54) is 15.6 Å². The van der Waals surface area contributed by atoms with Gasteiger partial charge in [-0.1, -0.05) is 19.1 Å². The molecule has 1 atom stereocenters. The lowest BCUT2D eigenvalue weighted by Gasteiger charge is -2.29. The molecule has 1 amide bonds. The van der Waals surface area contributed by atoms with Crippen LogP contribution in [-0.2, 0) is 16.0 Å². The average Bonchev–Trinajstić information content (AvgIpc) is 3.05. The van der Waals surface area contributed by atoms with Crippen LogP contribution in [0.3, 0.4) is 0 Å². The number of ether oxygens (including phenoxy) is 1. The van der Waals surface area contributed by atoms with Crippen LogP contribution in [0.4, 0.5) is 4.39 Å². The van der Waals surface area contributed by atoms with Crippen molar-refractivity contribution in [2.75, 3.05) is 19.7 Å². The van der Waals surface area contributed by atoms with Crippen molar-refractivity contribution in [3.05, 3.63) is 41.7 Å². The maximum absolute atomic E-state index is 14.1. The number of para-hydroxylation sites is 1. The van der Waals surface area contributed by atoms with E-state index in [-0.39, 0.29) is 31.2 Å². The van der Waals surface area contributed by atoms with Gasteiger partial charge in [-0.3, -0.25) is 4.79 Å². The molecule has 2 heterocycles. The molecule has 1 aromatic heterocycles. The molecular formula is C17H19FN4O4. The Morgan fingerprint density at radius 1 is 1.38 bits per heavy atom. The highest BCUT2D eigenvalue weighted by Gasteiger charge is 2.31. The van der Waals surface area contributed by atoms with Gasteiger partial charge >= 0.3 is 5.97 Å². The van der Waals surface area contributed by atoms with Crippen LogP contribution in [0.2, 0.25) is 0 Å². The van der Waals surface area contributed by atoms with E-state index in [4.69, 9.17) is 9.84 Å². The summed E-state index contributed by atoms with van der Waals surface area (Å²) in [5.74, 6) is -1.69. The quantitative estimate of drug-likeness (QED) is 0.861. The Balaban J connectivity index is 1.91. The third-order valence-corrected chi connectivity index (χ3v) is 4.05. The molecule has 0 spiro atoms. The predicted octanol–water partition coefficient (Wildman–Crippen LogP) is 1.28. The van der Waals surface area contributed by atoms with Gasteiger partial charge in [0.05, 0.1) is 13.2 Å². The van der Waals surface area contributed by atoms with E-state index >= 15 is 0 Å². The third-order valence-electron chi connectivity index (χ3n) is 4.05. The second kappa shape index (κ2) is 7.61. The number of hydrogen-bond donors (Lipinski definition) is 1. The zero-order chi connectivity index (χ0) is 18.7. The summed E-state index contributed by atoms with van der Waals surface area (Å²) < 4.78 is 20.6. The number of hydrogen-bond acceptors (Lipinski definition) is 5. The Bertz CT molecular complexity index is 823. The fourth-order valence-corrected chi connectivity index (χ4v) is 2.76. The van der Waals surface area contributed by atoms with Crippen molar-refractivity contribution in [3.63, 3.8) is 0 Å². The number of aliphatic carboxylic acids is 1. The fraction of sp³-hybridized carbons (Fsp3) is 0.412. The Kier molecular flexibility index (Phi) is 5.27. The number of carbonyl (C=O) groups is 2. The Labute approximate surface area is 149 Å². The molecule has 0 bridgehead atoms. The van der Waals surface area contributed by atoms with E-state index in [0.29, 0.717) is 12.2 Å². The summed E-state index contributed by atoms with van der Waals surface area (Å²) >= 11 is 0. The fourth-order valence-electron chi connectivity index (χ4n) is 2.76. The molecule has 138 valence electrons. The first-order valence-corrected chi connectivity index (χ1v) is 8.35. The van der Waals surface area contributed by atoms with Crippen molar-refractivity contribution >= 4 is 11.9 Å². The summed E-state index contributed by atoms with van der Waals surface area (Å²) in [6, 6.07) is 6.12. The van der Waals surface area contributed by atoms with E-state index in [9.17, 15) is 14.0 Å². The van der Waals surface area contributed by atoms with Gasteiger partial charge in [0.1, 0.15) is 17.3 Å². The van der Waals surface area contributed by atoms with Gasteiger partial charge in [0.2, 0.25) is 5.82 Å². The zero-order valence-corrected chi connectivity index (χ0v) is 14.3. The summed E-state index contributed by atoms with van der Waals surface area (Å²) in [6.07, 6.45) is 0.200. The number of halogens is 1. The molecule has 9 heteroatoms. The van der Waals surface area contributed by atoms with Crippen LogP contribution in [-0.4, -0.2) is 62.4 Å². The van der Waals surface area contributed by atoms with Gasteiger partial charge in [0.25, 0.3) is 5.91 Å². The molecule has 1 fully saturated rings. The van der Waals surface area contributed by atoms with Crippen LogP contribution < -0.4 is 0 Å². The zero-order valence-electron chi connectivity index (χ0n) is 14.3. The van der Waals surface area contributed by atoms with Gasteiger partial charge in [0.15, 0.2) is 6.10 Å². The lowest BCUT2D eigenvalue weighted by Crippen LogP contribution is -2.48. The van der Waals surface area contributed by atoms with Crippen molar-refractivity contribution in [1.29, 1.82) is 0 Å². The largest absolute Gasteiger partial charge is 0.479 e. The van der Waals surface area contributed by atoms with E-state index in [0.717, 1.165) is 6.42 Å². The third kappa shape index (κ3) is 3.57. The molecule has 3 rings (SSSR count). The molecule has 1 saturated heterocycles. The summed E-state index contributed by atoms with van der Waals surface area (Å²) in [5, 5.41) is 13.3. The van der Waals surface area contributed by atoms with Gasteiger partial charge in [-0.25, -0.2) is 18.9 Å². The van der Waals surface area contributed by atoms with E-state index < -0.39 is 23.8 Å². The normalized spacial score (nSPS) is 17.3. The Morgan fingerprint density at radius 2 is 2.15 bits per heavy atom. The second-order valence-electron chi connectivity index (χ2n) is 5.91. The molecule has 1 N–H and O–H groups in total. The van der Waals surface area contributed by atoms with E-state index in [2.05, 4.69) is 10.1 Å². The van der Waals surface area contributed by atoms with Gasteiger partial charge in [-0.15, -0.1) is 5.10 Å². The lowest BCUT2D eigenvalue weighted by molar-refractivity contribution is -0.154. The maximum atomic E-state index is 14.1. The number of carbonyl (C=O) groups excluding carboxylic acids is 1. The topological polar surface area (TPSA) is 97.6 Å². The van der Waals surface area contributed by atoms with Crippen LogP contribution in [0.1, 0.15) is 29.8 Å². The van der Waals surface area contributed by atoms with Crippen molar-refractivity contribution in [3.8, 4) is 5.69 Å². The Morgan fingerprint density at radius 3 is 2.85 bits per heavy atom. The highest BCUT2D eigenvalue weighted by atomic mass is 19.1. The minimum absolute atomic E-state index is 0.0779. The first-order valence-electron chi connectivity index (χ1n) is 8.35. The number of carboxylic acid groups (broad SMARTS) is 1. The molecule has 0 unspecified atom stereocenters.